The maximum Gasteiger partial charge on any atom is 0.264 e. The summed E-state index contributed by atoms with van der Waals surface area (Å²) >= 11 is 1.48. The minimum Gasteiger partial charge on any atom is -0.454 e. The third kappa shape index (κ3) is 4.06. The van der Waals surface area contributed by atoms with Crippen molar-refractivity contribution in [2.24, 2.45) is 0 Å². The number of carbonyl (C=O) groups excluding carboxylic acids is 1. The van der Waals surface area contributed by atoms with Crippen LogP contribution < -0.4 is 19.1 Å². The molecule has 29 heavy (non-hydrogen) atoms. The fourth-order valence-electron chi connectivity index (χ4n) is 2.94. The van der Waals surface area contributed by atoms with E-state index in [-0.39, 0.29) is 24.1 Å². The third-order valence-corrected chi connectivity index (χ3v) is 6.94. The number of fused-ring (bicyclic) bond motifs is 1. The highest BCUT2D eigenvalue weighted by Gasteiger charge is 2.27. The van der Waals surface area contributed by atoms with Gasteiger partial charge in [0.05, 0.1) is 17.1 Å². The number of sulfonamides is 1. The van der Waals surface area contributed by atoms with Crippen LogP contribution in [0.25, 0.3) is 0 Å². The van der Waals surface area contributed by atoms with E-state index in [9.17, 15) is 13.2 Å². The Kier molecular flexibility index (Phi) is 5.16. The average Bonchev–Trinajstić information content (AvgIpc) is 3.37. The molecule has 2 heterocycles. The van der Waals surface area contributed by atoms with Crippen molar-refractivity contribution in [3.63, 3.8) is 0 Å². The van der Waals surface area contributed by atoms with Crippen LogP contribution in [-0.4, -0.2) is 21.1 Å². The van der Waals surface area contributed by atoms with Crippen molar-refractivity contribution in [2.45, 2.75) is 18.4 Å². The first-order chi connectivity index (χ1) is 13.9. The second kappa shape index (κ2) is 7.76. The molecule has 0 atom stereocenters. The van der Waals surface area contributed by atoms with Crippen LogP contribution in [0.2, 0.25) is 0 Å². The molecule has 0 fully saturated rings. The minimum atomic E-state index is -3.86. The van der Waals surface area contributed by atoms with Gasteiger partial charge >= 0.3 is 0 Å². The molecular weight excluding hydrogens is 412 g/mol. The van der Waals surface area contributed by atoms with Crippen LogP contribution in [0.3, 0.4) is 0 Å². The lowest BCUT2D eigenvalue weighted by molar-refractivity contribution is -0.114. The van der Waals surface area contributed by atoms with E-state index >= 15 is 0 Å². The summed E-state index contributed by atoms with van der Waals surface area (Å²) < 4.78 is 39.0. The van der Waals surface area contributed by atoms with E-state index < -0.39 is 10.0 Å². The number of hydrogen-bond donors (Lipinski definition) is 1. The Bertz CT molecular complexity index is 1130. The van der Waals surface area contributed by atoms with Crippen molar-refractivity contribution in [3.05, 3.63) is 64.9 Å². The molecule has 0 saturated carbocycles. The van der Waals surface area contributed by atoms with Gasteiger partial charge in [-0.15, -0.1) is 11.3 Å². The second-order valence-corrected chi connectivity index (χ2v) is 9.23. The Labute approximate surface area is 172 Å². The lowest BCUT2D eigenvalue weighted by atomic mass is 10.2. The number of anilines is 2. The number of amides is 1. The van der Waals surface area contributed by atoms with Gasteiger partial charge in [0.1, 0.15) is 0 Å². The fraction of sp³-hybridized carbons (Fsp3) is 0.150. The monoisotopic (exact) mass is 430 g/mol. The van der Waals surface area contributed by atoms with Crippen molar-refractivity contribution < 1.29 is 22.7 Å². The second-order valence-electron chi connectivity index (χ2n) is 6.33. The van der Waals surface area contributed by atoms with Crippen LogP contribution in [0, 0.1) is 0 Å². The largest absolute Gasteiger partial charge is 0.454 e. The molecule has 1 aromatic heterocycles. The highest BCUT2D eigenvalue weighted by atomic mass is 32.2. The van der Waals surface area contributed by atoms with Crippen molar-refractivity contribution in [1.82, 2.24) is 0 Å². The molecule has 1 N–H and O–H groups in total. The van der Waals surface area contributed by atoms with Gasteiger partial charge in [-0.3, -0.25) is 9.10 Å². The van der Waals surface area contributed by atoms with Gasteiger partial charge in [0.2, 0.25) is 12.7 Å². The highest BCUT2D eigenvalue weighted by Crippen LogP contribution is 2.37. The lowest BCUT2D eigenvalue weighted by Gasteiger charge is -2.24. The zero-order chi connectivity index (χ0) is 20.4. The SMILES string of the molecule is CC(=O)Nc1ccc(S(=O)(=O)N(Cc2cccs2)c2ccc3c(c2)OCO3)cc1. The summed E-state index contributed by atoms with van der Waals surface area (Å²) in [6, 6.07) is 14.9. The van der Waals surface area contributed by atoms with Gasteiger partial charge in [-0.1, -0.05) is 6.07 Å². The number of thiophene rings is 1. The predicted molar refractivity (Wildman–Crippen MR) is 111 cm³/mol. The molecule has 2 aromatic carbocycles. The van der Waals surface area contributed by atoms with Gasteiger partial charge in [0, 0.05) is 23.6 Å². The normalized spacial score (nSPS) is 12.6. The molecule has 0 unspecified atom stereocenters. The quantitative estimate of drug-likeness (QED) is 0.642. The molecule has 0 aliphatic carbocycles. The van der Waals surface area contributed by atoms with Crippen molar-refractivity contribution in [3.8, 4) is 11.5 Å². The molecule has 0 saturated heterocycles. The maximum absolute atomic E-state index is 13.5. The fourth-order valence-corrected chi connectivity index (χ4v) is 5.15. The first-order valence-electron chi connectivity index (χ1n) is 8.76. The standard InChI is InChI=1S/C20H18N2O5S2/c1-14(23)21-15-4-7-18(8-5-15)29(24,25)22(12-17-3-2-10-28-17)16-6-9-19-20(11-16)27-13-26-19/h2-11H,12-13H2,1H3,(H,21,23). The Morgan fingerprint density at radius 1 is 1.10 bits per heavy atom. The number of benzene rings is 2. The molecule has 9 heteroatoms. The molecule has 1 aliphatic rings. The Morgan fingerprint density at radius 3 is 2.55 bits per heavy atom. The number of nitrogens with one attached hydrogen (secondary N) is 1. The van der Waals surface area contributed by atoms with E-state index in [1.54, 1.807) is 30.3 Å². The van der Waals surface area contributed by atoms with Crippen LogP contribution in [0.5, 0.6) is 11.5 Å². The summed E-state index contributed by atoms with van der Waals surface area (Å²) in [7, 11) is -3.86. The summed E-state index contributed by atoms with van der Waals surface area (Å²) in [5, 5.41) is 4.54. The topological polar surface area (TPSA) is 84.9 Å². The van der Waals surface area contributed by atoms with Gasteiger partial charge in [0.15, 0.2) is 11.5 Å². The summed E-state index contributed by atoms with van der Waals surface area (Å²) in [6.45, 7) is 1.70. The molecule has 0 spiro atoms. The van der Waals surface area contributed by atoms with E-state index in [2.05, 4.69) is 5.32 Å². The summed E-state index contributed by atoms with van der Waals surface area (Å²) in [5.41, 5.74) is 1.01. The Morgan fingerprint density at radius 2 is 1.86 bits per heavy atom. The third-order valence-electron chi connectivity index (χ3n) is 4.29. The first kappa shape index (κ1) is 19.3. The van der Waals surface area contributed by atoms with E-state index in [4.69, 9.17) is 9.47 Å². The number of rotatable bonds is 6. The van der Waals surface area contributed by atoms with Gasteiger partial charge in [-0.2, -0.15) is 0 Å². The molecule has 0 bridgehead atoms. The molecule has 1 aliphatic heterocycles. The smallest absolute Gasteiger partial charge is 0.264 e. The van der Waals surface area contributed by atoms with Gasteiger partial charge in [0.25, 0.3) is 10.0 Å². The summed E-state index contributed by atoms with van der Waals surface area (Å²) in [4.78, 5) is 12.2. The van der Waals surface area contributed by atoms with Crippen LogP contribution in [0.1, 0.15) is 11.8 Å². The van der Waals surface area contributed by atoms with Crippen molar-refractivity contribution in [2.75, 3.05) is 16.4 Å². The van der Waals surface area contributed by atoms with Crippen molar-refractivity contribution >= 4 is 38.6 Å². The number of hydrogen-bond acceptors (Lipinski definition) is 6. The highest BCUT2D eigenvalue weighted by molar-refractivity contribution is 7.92. The van der Waals surface area contributed by atoms with Crippen LogP contribution in [-0.2, 0) is 21.4 Å². The van der Waals surface area contributed by atoms with Crippen LogP contribution >= 0.6 is 11.3 Å². The number of nitrogens with zero attached hydrogens (tertiary/aromatic N) is 1. The van der Waals surface area contributed by atoms with E-state index in [0.29, 0.717) is 22.9 Å². The molecule has 150 valence electrons. The molecule has 7 nitrogen and oxygen atoms in total. The lowest BCUT2D eigenvalue weighted by Crippen LogP contribution is -2.30. The zero-order valence-corrected chi connectivity index (χ0v) is 17.1. The molecule has 4 rings (SSSR count). The summed E-state index contributed by atoms with van der Waals surface area (Å²) in [6.07, 6.45) is 0. The van der Waals surface area contributed by atoms with Gasteiger partial charge in [-0.05, 0) is 47.8 Å². The van der Waals surface area contributed by atoms with E-state index in [1.165, 1.54) is 34.7 Å². The van der Waals surface area contributed by atoms with Crippen molar-refractivity contribution in [1.29, 1.82) is 0 Å². The molecule has 0 radical (unpaired) electrons. The maximum atomic E-state index is 13.5. The molecular formula is C20H18N2O5S2. The van der Waals surface area contributed by atoms with Gasteiger partial charge in [-0.25, -0.2) is 8.42 Å². The first-order valence-corrected chi connectivity index (χ1v) is 11.1. The molecule has 1 amide bonds. The Hall–Kier alpha value is -3.04. The minimum absolute atomic E-state index is 0.112. The van der Waals surface area contributed by atoms with Crippen LogP contribution in [0.4, 0.5) is 11.4 Å². The average molecular weight is 431 g/mol. The Balaban J connectivity index is 1.72. The number of ether oxygens (including phenoxy) is 2. The summed E-state index contributed by atoms with van der Waals surface area (Å²) in [5.74, 6) is 0.872. The molecule has 3 aromatic rings. The zero-order valence-electron chi connectivity index (χ0n) is 15.5. The van der Waals surface area contributed by atoms with Crippen LogP contribution in [0.15, 0.2) is 64.9 Å². The number of carbonyl (C=O) groups is 1. The predicted octanol–water partition coefficient (Wildman–Crippen LogP) is 3.83. The van der Waals surface area contributed by atoms with Gasteiger partial charge < -0.3 is 14.8 Å². The van der Waals surface area contributed by atoms with E-state index in [0.717, 1.165) is 4.88 Å². The van der Waals surface area contributed by atoms with E-state index in [1.807, 2.05) is 17.5 Å².